The van der Waals surface area contributed by atoms with Crippen molar-refractivity contribution in [2.75, 3.05) is 32.7 Å². The van der Waals surface area contributed by atoms with Crippen molar-refractivity contribution in [2.24, 2.45) is 0 Å². The molecule has 0 aromatic heterocycles. The number of aliphatic carboxylic acids is 2. The highest BCUT2D eigenvalue weighted by Gasteiger charge is 2.55. The number of carbonyl (C=O) groups excluding carboxylic acids is 2. The van der Waals surface area contributed by atoms with Crippen LogP contribution in [0, 0.1) is 0 Å². The van der Waals surface area contributed by atoms with Crippen LogP contribution < -0.4 is 5.32 Å². The van der Waals surface area contributed by atoms with Crippen LogP contribution in [-0.4, -0.2) is 99.0 Å². The number of piperazine rings is 1. The molecule has 0 unspecified atom stereocenters. The second-order valence-electron chi connectivity index (χ2n) is 11.5. The van der Waals surface area contributed by atoms with Gasteiger partial charge in [-0.2, -0.15) is 0 Å². The van der Waals surface area contributed by atoms with Crippen LogP contribution in [0.1, 0.15) is 57.6 Å². The average Bonchev–Trinajstić information content (AvgIpc) is 2.97. The van der Waals surface area contributed by atoms with E-state index in [2.05, 4.69) is 75.8 Å². The first kappa shape index (κ1) is 33.7. The number of nitrogens with zero attached hydrogens (tertiary/aromatic N) is 3. The summed E-state index contributed by atoms with van der Waals surface area (Å²) < 4.78 is 0. The minimum absolute atomic E-state index is 0.0547. The van der Waals surface area contributed by atoms with Crippen LogP contribution in [0.3, 0.4) is 0 Å². The fourth-order valence-corrected chi connectivity index (χ4v) is 6.17. The minimum Gasteiger partial charge on any atom is -0.481 e. The quantitative estimate of drug-likeness (QED) is 0.465. The van der Waals surface area contributed by atoms with E-state index < -0.39 is 23.5 Å². The Labute approximate surface area is 254 Å². The third-order valence-corrected chi connectivity index (χ3v) is 8.25. The van der Waals surface area contributed by atoms with Crippen LogP contribution >= 0.6 is 0 Å². The number of likely N-dealkylation sites (tertiary alicyclic amines) is 2. The van der Waals surface area contributed by atoms with Gasteiger partial charge in [-0.15, -0.1) is 0 Å². The highest BCUT2D eigenvalue weighted by molar-refractivity contribution is 6.00. The van der Waals surface area contributed by atoms with Crippen molar-refractivity contribution in [3.8, 4) is 0 Å². The largest absolute Gasteiger partial charge is 0.481 e. The fourth-order valence-electron chi connectivity index (χ4n) is 6.17. The minimum atomic E-state index is -0.833. The number of hydrogen-bond acceptors (Lipinski definition) is 6. The molecule has 5 rings (SSSR count). The van der Waals surface area contributed by atoms with Gasteiger partial charge in [-0.1, -0.05) is 60.7 Å². The maximum atomic E-state index is 13.5. The first-order valence-electron chi connectivity index (χ1n) is 15.1. The Kier molecular flexibility index (Phi) is 12.7. The molecule has 3 aliphatic heterocycles. The van der Waals surface area contributed by atoms with Crippen molar-refractivity contribution in [1.29, 1.82) is 0 Å². The molecular weight excluding hydrogens is 548 g/mol. The molecule has 0 saturated carbocycles. The van der Waals surface area contributed by atoms with E-state index in [0.29, 0.717) is 0 Å². The number of benzene rings is 2. The van der Waals surface area contributed by atoms with Gasteiger partial charge in [-0.05, 0) is 50.2 Å². The summed E-state index contributed by atoms with van der Waals surface area (Å²) >= 11 is 0. The predicted octanol–water partition coefficient (Wildman–Crippen LogP) is 3.26. The van der Waals surface area contributed by atoms with Crippen molar-refractivity contribution >= 4 is 23.8 Å². The first-order valence-corrected chi connectivity index (χ1v) is 15.1. The number of amides is 2. The molecule has 2 amide bonds. The van der Waals surface area contributed by atoms with Crippen LogP contribution in [-0.2, 0) is 32.1 Å². The lowest BCUT2D eigenvalue weighted by atomic mass is 9.79. The van der Waals surface area contributed by atoms with Gasteiger partial charge in [0.05, 0.1) is 0 Å². The van der Waals surface area contributed by atoms with Gasteiger partial charge in [-0.25, -0.2) is 0 Å². The molecule has 0 radical (unpaired) electrons. The van der Waals surface area contributed by atoms with Crippen molar-refractivity contribution in [3.63, 3.8) is 0 Å². The van der Waals surface area contributed by atoms with Crippen molar-refractivity contribution in [2.45, 2.75) is 77.0 Å². The summed E-state index contributed by atoms with van der Waals surface area (Å²) in [6, 6.07) is 20.8. The fraction of sp³-hybridized carbons (Fsp3) is 0.515. The average molecular weight is 595 g/mol. The van der Waals surface area contributed by atoms with Crippen LogP contribution in [0.5, 0.6) is 0 Å². The molecule has 1 spiro atoms. The number of hydrogen-bond donors (Lipinski definition) is 3. The molecule has 43 heavy (non-hydrogen) atoms. The molecule has 10 nitrogen and oxygen atoms in total. The lowest BCUT2D eigenvalue weighted by Gasteiger charge is -2.55. The zero-order chi connectivity index (χ0) is 31.4. The summed E-state index contributed by atoms with van der Waals surface area (Å²) in [6.45, 7) is 9.55. The standard InChI is InChI=1S/C29H38N4O2.2C2H4O2/c1-23-27(34)33(26-13-18-32(19-14-26)22-25-10-6-3-7-11-25)29(28(35)30-23)15-20-31(21-16-29)17-12-24-8-4-2-5-9-24;2*1-2(3)4/h2-11,23,26H,12-22H2,1H3,(H,30,35);2*1H3,(H,3,4)/t23-;;/m0../s1. The number of piperidine rings is 2. The van der Waals surface area contributed by atoms with Crippen molar-refractivity contribution < 1.29 is 29.4 Å². The van der Waals surface area contributed by atoms with Crippen molar-refractivity contribution in [1.82, 2.24) is 20.0 Å². The van der Waals surface area contributed by atoms with E-state index in [1.807, 2.05) is 11.8 Å². The number of carbonyl (C=O) groups is 4. The third kappa shape index (κ3) is 9.90. The highest BCUT2D eigenvalue weighted by Crippen LogP contribution is 2.37. The SMILES string of the molecule is CC(=O)O.CC(=O)O.C[C@@H]1NC(=O)C2(CCN(CCc3ccccc3)CC2)N(C2CCN(Cc3ccccc3)CC2)C1=O. The maximum absolute atomic E-state index is 13.5. The Morgan fingerprint density at radius 3 is 1.81 bits per heavy atom. The molecule has 3 fully saturated rings. The lowest BCUT2D eigenvalue weighted by Crippen LogP contribution is -2.74. The third-order valence-electron chi connectivity index (χ3n) is 8.25. The molecule has 3 N–H and O–H groups in total. The summed E-state index contributed by atoms with van der Waals surface area (Å²) in [5, 5.41) is 17.8. The second kappa shape index (κ2) is 16.2. The normalized spacial score (nSPS) is 20.7. The Balaban J connectivity index is 0.000000566. The van der Waals surface area contributed by atoms with Gasteiger partial charge in [0.2, 0.25) is 11.8 Å². The van der Waals surface area contributed by atoms with Gasteiger partial charge in [-0.3, -0.25) is 24.1 Å². The van der Waals surface area contributed by atoms with Gasteiger partial charge >= 0.3 is 0 Å². The van der Waals surface area contributed by atoms with Gasteiger partial charge in [0, 0.05) is 59.2 Å². The summed E-state index contributed by atoms with van der Waals surface area (Å²) in [5.41, 5.74) is 1.97. The highest BCUT2D eigenvalue weighted by atomic mass is 16.4. The van der Waals surface area contributed by atoms with Gasteiger partial charge in [0.1, 0.15) is 11.6 Å². The molecule has 3 aliphatic rings. The molecule has 0 aliphatic carbocycles. The summed E-state index contributed by atoms with van der Waals surface area (Å²) in [6.07, 6.45) is 4.31. The van der Waals surface area contributed by atoms with E-state index >= 15 is 0 Å². The summed E-state index contributed by atoms with van der Waals surface area (Å²) in [7, 11) is 0. The molecule has 2 aromatic rings. The molecule has 3 heterocycles. The molecule has 3 saturated heterocycles. The van der Waals surface area contributed by atoms with E-state index in [9.17, 15) is 9.59 Å². The molecule has 10 heteroatoms. The van der Waals surface area contributed by atoms with Gasteiger partial charge < -0.3 is 25.3 Å². The smallest absolute Gasteiger partial charge is 0.300 e. The van der Waals surface area contributed by atoms with E-state index in [0.717, 1.165) is 85.2 Å². The zero-order valence-electron chi connectivity index (χ0n) is 25.6. The van der Waals surface area contributed by atoms with Gasteiger partial charge in [0.25, 0.3) is 11.9 Å². The summed E-state index contributed by atoms with van der Waals surface area (Å²) in [4.78, 5) is 51.9. The Bertz CT molecular complexity index is 1170. The summed E-state index contributed by atoms with van der Waals surface area (Å²) in [5.74, 6) is -1.51. The molecule has 0 bridgehead atoms. The van der Waals surface area contributed by atoms with E-state index in [4.69, 9.17) is 19.8 Å². The number of nitrogens with one attached hydrogen (secondary N) is 1. The Morgan fingerprint density at radius 2 is 1.30 bits per heavy atom. The second-order valence-corrected chi connectivity index (χ2v) is 11.5. The molecular formula is C33H46N4O6. The van der Waals surface area contributed by atoms with E-state index in [1.54, 1.807) is 0 Å². The lowest BCUT2D eigenvalue weighted by molar-refractivity contribution is -0.166. The first-order chi connectivity index (χ1) is 20.5. The number of carboxylic acids is 2. The molecule has 234 valence electrons. The molecule has 1 atom stereocenters. The van der Waals surface area contributed by atoms with Gasteiger partial charge in [0.15, 0.2) is 0 Å². The Morgan fingerprint density at radius 1 is 0.814 bits per heavy atom. The number of carboxylic acid groups (broad SMARTS) is 2. The maximum Gasteiger partial charge on any atom is 0.300 e. The zero-order valence-corrected chi connectivity index (χ0v) is 25.6. The van der Waals surface area contributed by atoms with E-state index in [-0.39, 0.29) is 17.9 Å². The van der Waals surface area contributed by atoms with Crippen LogP contribution in [0.15, 0.2) is 60.7 Å². The van der Waals surface area contributed by atoms with Crippen LogP contribution in [0.2, 0.25) is 0 Å². The Hall–Kier alpha value is -3.76. The number of rotatable bonds is 6. The van der Waals surface area contributed by atoms with E-state index in [1.165, 1.54) is 11.1 Å². The van der Waals surface area contributed by atoms with Crippen molar-refractivity contribution in [3.05, 3.63) is 71.8 Å². The van der Waals surface area contributed by atoms with Crippen LogP contribution in [0.25, 0.3) is 0 Å². The topological polar surface area (TPSA) is 130 Å². The predicted molar refractivity (Wildman–Crippen MR) is 164 cm³/mol. The molecule has 2 aromatic carbocycles. The monoisotopic (exact) mass is 594 g/mol. The van der Waals surface area contributed by atoms with Crippen LogP contribution in [0.4, 0.5) is 0 Å².